The van der Waals surface area contributed by atoms with Gasteiger partial charge in [-0.1, -0.05) is 29.8 Å². The monoisotopic (exact) mass is 247 g/mol. The van der Waals surface area contributed by atoms with Gasteiger partial charge in [0.1, 0.15) is 0 Å². The highest BCUT2D eigenvalue weighted by Gasteiger charge is 2.43. The second-order valence-electron chi connectivity index (χ2n) is 4.68. The molecule has 0 radical (unpaired) electrons. The Morgan fingerprint density at radius 2 is 2.00 bits per heavy atom. The van der Waals surface area contributed by atoms with E-state index < -0.39 is 11.9 Å². The Labute approximate surface area is 106 Å². The zero-order valence-electron chi connectivity index (χ0n) is 10.6. The van der Waals surface area contributed by atoms with E-state index in [1.807, 2.05) is 38.1 Å². The van der Waals surface area contributed by atoms with Gasteiger partial charge in [0, 0.05) is 13.0 Å². The molecule has 2 rings (SSSR count). The normalized spacial score (nSPS) is 23.4. The molecular formula is C14H17NO3. The summed E-state index contributed by atoms with van der Waals surface area (Å²) in [6.07, 6.45) is 0.0989. The molecule has 1 saturated heterocycles. The third kappa shape index (κ3) is 2.10. The van der Waals surface area contributed by atoms with Crippen molar-refractivity contribution in [2.75, 3.05) is 6.54 Å². The Kier molecular flexibility index (Phi) is 3.36. The van der Waals surface area contributed by atoms with Crippen molar-refractivity contribution in [3.63, 3.8) is 0 Å². The highest BCUT2D eigenvalue weighted by Crippen LogP contribution is 2.38. The number of hydrogen-bond acceptors (Lipinski definition) is 2. The van der Waals surface area contributed by atoms with Crippen LogP contribution in [0.2, 0.25) is 0 Å². The molecule has 4 nitrogen and oxygen atoms in total. The van der Waals surface area contributed by atoms with Crippen LogP contribution in [0, 0.1) is 12.8 Å². The fourth-order valence-corrected chi connectivity index (χ4v) is 2.56. The maximum atomic E-state index is 11.8. The van der Waals surface area contributed by atoms with Gasteiger partial charge < -0.3 is 10.0 Å². The third-order valence-corrected chi connectivity index (χ3v) is 3.51. The van der Waals surface area contributed by atoms with Crippen LogP contribution in [0.15, 0.2) is 24.3 Å². The van der Waals surface area contributed by atoms with Crippen LogP contribution in [0.5, 0.6) is 0 Å². The average molecular weight is 247 g/mol. The molecule has 2 unspecified atom stereocenters. The van der Waals surface area contributed by atoms with E-state index in [9.17, 15) is 14.7 Å². The minimum atomic E-state index is -0.898. The summed E-state index contributed by atoms with van der Waals surface area (Å²) >= 11 is 0. The molecule has 0 spiro atoms. The Hall–Kier alpha value is -1.84. The van der Waals surface area contributed by atoms with E-state index >= 15 is 0 Å². The van der Waals surface area contributed by atoms with Gasteiger partial charge >= 0.3 is 5.97 Å². The molecular weight excluding hydrogens is 230 g/mol. The van der Waals surface area contributed by atoms with Crippen molar-refractivity contribution < 1.29 is 14.7 Å². The third-order valence-electron chi connectivity index (χ3n) is 3.51. The molecule has 1 aliphatic heterocycles. The zero-order chi connectivity index (χ0) is 13.3. The van der Waals surface area contributed by atoms with Gasteiger partial charge in [-0.15, -0.1) is 0 Å². The summed E-state index contributed by atoms with van der Waals surface area (Å²) in [6.45, 7) is 4.40. The van der Waals surface area contributed by atoms with E-state index in [1.54, 1.807) is 4.90 Å². The summed E-state index contributed by atoms with van der Waals surface area (Å²) in [5, 5.41) is 9.25. The van der Waals surface area contributed by atoms with Crippen LogP contribution in [-0.4, -0.2) is 28.4 Å². The summed E-state index contributed by atoms with van der Waals surface area (Å²) in [4.78, 5) is 24.8. The van der Waals surface area contributed by atoms with Gasteiger partial charge in [-0.2, -0.15) is 0 Å². The van der Waals surface area contributed by atoms with E-state index in [-0.39, 0.29) is 18.4 Å². The second-order valence-corrected chi connectivity index (χ2v) is 4.68. The standard InChI is InChI=1S/C14H17NO3/c1-3-15-12(16)8-11(14(17)18)13(15)10-6-4-9(2)5-7-10/h4-7,11,13H,3,8H2,1-2H3,(H,17,18). The van der Waals surface area contributed by atoms with E-state index in [0.717, 1.165) is 11.1 Å². The number of rotatable bonds is 3. The van der Waals surface area contributed by atoms with Gasteiger partial charge in [-0.05, 0) is 19.4 Å². The molecule has 4 heteroatoms. The van der Waals surface area contributed by atoms with Crippen LogP contribution >= 0.6 is 0 Å². The predicted octanol–water partition coefficient (Wildman–Crippen LogP) is 1.99. The van der Waals surface area contributed by atoms with E-state index in [2.05, 4.69) is 0 Å². The molecule has 0 bridgehead atoms. The van der Waals surface area contributed by atoms with Crippen molar-refractivity contribution in [3.8, 4) is 0 Å². The average Bonchev–Trinajstić information content (AvgIpc) is 2.67. The number of amides is 1. The van der Waals surface area contributed by atoms with Crippen molar-refractivity contribution >= 4 is 11.9 Å². The number of aliphatic carboxylic acids is 1. The van der Waals surface area contributed by atoms with Gasteiger partial charge in [0.25, 0.3) is 0 Å². The molecule has 1 N–H and O–H groups in total. The number of benzene rings is 1. The summed E-state index contributed by atoms with van der Waals surface area (Å²) in [5.74, 6) is -1.61. The summed E-state index contributed by atoms with van der Waals surface area (Å²) in [7, 11) is 0. The predicted molar refractivity (Wildman–Crippen MR) is 67.0 cm³/mol. The number of carbonyl (C=O) groups is 2. The van der Waals surface area contributed by atoms with Gasteiger partial charge in [0.2, 0.25) is 5.91 Å². The lowest BCUT2D eigenvalue weighted by atomic mass is 9.93. The van der Waals surface area contributed by atoms with Crippen LogP contribution in [-0.2, 0) is 9.59 Å². The Balaban J connectivity index is 2.39. The quantitative estimate of drug-likeness (QED) is 0.888. The van der Waals surface area contributed by atoms with Crippen LogP contribution in [0.4, 0.5) is 0 Å². The lowest BCUT2D eigenvalue weighted by molar-refractivity contribution is -0.142. The minimum Gasteiger partial charge on any atom is -0.481 e. The lowest BCUT2D eigenvalue weighted by Crippen LogP contribution is -2.30. The smallest absolute Gasteiger partial charge is 0.309 e. The van der Waals surface area contributed by atoms with Crippen LogP contribution in [0.3, 0.4) is 0 Å². The number of carboxylic acids is 1. The van der Waals surface area contributed by atoms with Crippen molar-refractivity contribution in [3.05, 3.63) is 35.4 Å². The van der Waals surface area contributed by atoms with Crippen LogP contribution in [0.25, 0.3) is 0 Å². The number of aryl methyl sites for hydroxylation is 1. The van der Waals surface area contributed by atoms with Crippen LogP contribution in [0.1, 0.15) is 30.5 Å². The number of carboxylic acid groups (broad SMARTS) is 1. The minimum absolute atomic E-state index is 0.0736. The first-order valence-corrected chi connectivity index (χ1v) is 6.13. The van der Waals surface area contributed by atoms with Gasteiger partial charge in [0.15, 0.2) is 0 Å². The maximum absolute atomic E-state index is 11.8. The van der Waals surface area contributed by atoms with E-state index in [1.165, 1.54) is 0 Å². The fourth-order valence-electron chi connectivity index (χ4n) is 2.56. The number of likely N-dealkylation sites (tertiary alicyclic amines) is 1. The Bertz CT molecular complexity index is 466. The first kappa shape index (κ1) is 12.6. The number of carbonyl (C=O) groups excluding carboxylic acids is 1. The molecule has 96 valence electrons. The Morgan fingerprint density at radius 1 is 1.39 bits per heavy atom. The lowest BCUT2D eigenvalue weighted by Gasteiger charge is -2.26. The maximum Gasteiger partial charge on any atom is 0.309 e. The fraction of sp³-hybridized carbons (Fsp3) is 0.429. The molecule has 1 aromatic carbocycles. The van der Waals surface area contributed by atoms with Crippen molar-refractivity contribution in [1.29, 1.82) is 0 Å². The molecule has 0 saturated carbocycles. The largest absolute Gasteiger partial charge is 0.481 e. The van der Waals surface area contributed by atoms with Crippen molar-refractivity contribution in [2.24, 2.45) is 5.92 Å². The molecule has 1 heterocycles. The number of nitrogens with zero attached hydrogens (tertiary/aromatic N) is 1. The molecule has 0 aliphatic carbocycles. The van der Waals surface area contributed by atoms with Crippen molar-refractivity contribution in [1.82, 2.24) is 4.90 Å². The SMILES string of the molecule is CCN1C(=O)CC(C(=O)O)C1c1ccc(C)cc1. The molecule has 1 aliphatic rings. The molecule has 1 fully saturated rings. The molecule has 1 aromatic rings. The first-order valence-electron chi connectivity index (χ1n) is 6.13. The van der Waals surface area contributed by atoms with E-state index in [4.69, 9.17) is 0 Å². The van der Waals surface area contributed by atoms with Crippen LogP contribution < -0.4 is 0 Å². The topological polar surface area (TPSA) is 57.6 Å². The highest BCUT2D eigenvalue weighted by atomic mass is 16.4. The summed E-state index contributed by atoms with van der Waals surface area (Å²) in [6, 6.07) is 7.39. The summed E-state index contributed by atoms with van der Waals surface area (Å²) < 4.78 is 0. The second kappa shape index (κ2) is 4.80. The molecule has 2 atom stereocenters. The Morgan fingerprint density at radius 3 is 2.50 bits per heavy atom. The molecule has 1 amide bonds. The summed E-state index contributed by atoms with van der Waals surface area (Å²) in [5.41, 5.74) is 2.03. The van der Waals surface area contributed by atoms with Gasteiger partial charge in [-0.25, -0.2) is 0 Å². The zero-order valence-corrected chi connectivity index (χ0v) is 10.6. The first-order chi connectivity index (χ1) is 8.54. The van der Waals surface area contributed by atoms with Gasteiger partial charge in [-0.3, -0.25) is 9.59 Å². The van der Waals surface area contributed by atoms with Crippen molar-refractivity contribution in [2.45, 2.75) is 26.3 Å². The van der Waals surface area contributed by atoms with E-state index in [0.29, 0.717) is 6.54 Å². The highest BCUT2D eigenvalue weighted by molar-refractivity contribution is 5.87. The molecule has 0 aromatic heterocycles. The number of hydrogen-bond donors (Lipinski definition) is 1. The molecule has 18 heavy (non-hydrogen) atoms. The van der Waals surface area contributed by atoms with Gasteiger partial charge in [0.05, 0.1) is 12.0 Å².